The number of benzene rings is 8. The van der Waals surface area contributed by atoms with Crippen LogP contribution in [0, 0.1) is 18.8 Å². The summed E-state index contributed by atoms with van der Waals surface area (Å²) < 4.78 is 9.04. The third-order valence-electron chi connectivity index (χ3n) is 13.9. The molecule has 0 N–H and O–H groups in total. The predicted molar refractivity (Wildman–Crippen MR) is 291 cm³/mol. The Hall–Kier alpha value is -7.20. The van der Waals surface area contributed by atoms with Gasteiger partial charge in [0.05, 0.1) is 0 Å². The summed E-state index contributed by atoms with van der Waals surface area (Å²) in [6, 6.07) is 74.4. The van der Waals surface area contributed by atoms with Crippen LogP contribution in [-0.4, -0.2) is 9.55 Å². The molecule has 0 radical (unpaired) electrons. The molecule has 1 aliphatic heterocycles. The van der Waals surface area contributed by atoms with Gasteiger partial charge in [-0.3, -0.25) is 0 Å². The van der Waals surface area contributed by atoms with Crippen LogP contribution in [0.3, 0.4) is 0 Å². The van der Waals surface area contributed by atoms with Crippen LogP contribution in [0.1, 0.15) is 77.6 Å². The molecule has 356 valence electrons. The molecular formula is C65H57N4OPt-3. The van der Waals surface area contributed by atoms with Crippen LogP contribution in [0.4, 0.5) is 22.7 Å². The second-order valence-electron chi connectivity index (χ2n) is 21.1. The number of para-hydroxylation sites is 1. The van der Waals surface area contributed by atoms with Crippen molar-refractivity contribution in [2.75, 3.05) is 9.80 Å². The molecule has 0 unspecified atom stereocenters. The molecule has 3 heterocycles. The first kappa shape index (κ1) is 47.5. The van der Waals surface area contributed by atoms with Gasteiger partial charge in [0.25, 0.3) is 0 Å². The standard InChI is InChI=1S/C65H57N4O.Pt/c1-63(2,3)48-30-33-58-57(39-48)56-32-31-54(42-60(56)69(58)61-40-49(34-35-66-61)65(7,8)47-24-16-11-17-25-47)70-53-27-18-26-51(41-53)67-43-68(62-55(28-19-29-59(62)67)45-22-14-10-15-23-45)52-37-46(44-20-12-9-13-21-44)36-50(38-52)64(4,5)6;/h9-40,43H,1-8H3;/q-3;. The van der Waals surface area contributed by atoms with Crippen LogP contribution in [0.25, 0.3) is 49.9 Å². The number of ether oxygens (including phenoxy) is 1. The fourth-order valence-corrected chi connectivity index (χ4v) is 9.83. The molecule has 11 rings (SSSR count). The van der Waals surface area contributed by atoms with E-state index < -0.39 is 0 Å². The summed E-state index contributed by atoms with van der Waals surface area (Å²) in [6.45, 7) is 20.4. The van der Waals surface area contributed by atoms with Crippen molar-refractivity contribution in [3.8, 4) is 39.6 Å². The molecule has 0 saturated heterocycles. The maximum atomic E-state index is 6.80. The van der Waals surface area contributed by atoms with Crippen molar-refractivity contribution in [3.05, 3.63) is 235 Å². The summed E-state index contributed by atoms with van der Waals surface area (Å²) >= 11 is 0. The SMILES string of the molecule is CC(C)(C)c1cc(-c2ccccc2)cc(N2[CH-]N(c3[c-]c(Oc4[c-]c5c(cc4)c4cc(C(C)(C)C)ccc4n5-c4cc(C(C)(C)c5ccccc5)ccn4)ccc3)c3cccc(-c4ccccc4)c32)c1.[Pt]. The van der Waals surface area contributed by atoms with E-state index in [-0.39, 0.29) is 37.3 Å². The number of aromatic nitrogens is 2. The number of pyridine rings is 1. The summed E-state index contributed by atoms with van der Waals surface area (Å²) in [7, 11) is 0. The third-order valence-corrected chi connectivity index (χ3v) is 13.9. The minimum atomic E-state index is -0.245. The first-order chi connectivity index (χ1) is 33.7. The number of hydrogen-bond donors (Lipinski definition) is 0. The van der Waals surface area contributed by atoms with E-state index in [4.69, 9.17) is 9.72 Å². The van der Waals surface area contributed by atoms with Crippen molar-refractivity contribution >= 4 is 44.6 Å². The van der Waals surface area contributed by atoms with E-state index in [0.29, 0.717) is 11.5 Å². The summed E-state index contributed by atoms with van der Waals surface area (Å²) in [4.78, 5) is 9.59. The monoisotopic (exact) mass is 1100 g/mol. The second kappa shape index (κ2) is 18.5. The quantitative estimate of drug-likeness (QED) is 0.135. The Bertz CT molecular complexity index is 3550. The molecular weight excluding hydrogens is 1050 g/mol. The number of fused-ring (bicyclic) bond motifs is 4. The van der Waals surface area contributed by atoms with Crippen molar-refractivity contribution in [2.24, 2.45) is 0 Å². The Morgan fingerprint density at radius 3 is 1.89 bits per heavy atom. The number of rotatable bonds is 9. The molecule has 0 atom stereocenters. The molecule has 1 aliphatic rings. The average Bonchev–Trinajstić information content (AvgIpc) is 3.93. The van der Waals surface area contributed by atoms with Crippen molar-refractivity contribution in [1.82, 2.24) is 9.55 Å². The average molecular weight is 1110 g/mol. The van der Waals surface area contributed by atoms with E-state index in [1.54, 1.807) is 0 Å². The molecule has 0 aliphatic carbocycles. The summed E-state index contributed by atoms with van der Waals surface area (Å²) in [6.07, 6.45) is 1.93. The van der Waals surface area contributed by atoms with E-state index in [1.807, 2.05) is 24.4 Å². The van der Waals surface area contributed by atoms with Gasteiger partial charge >= 0.3 is 0 Å². The zero-order valence-electron chi connectivity index (χ0n) is 41.6. The molecule has 71 heavy (non-hydrogen) atoms. The summed E-state index contributed by atoms with van der Waals surface area (Å²) in [5.41, 5.74) is 15.3. The molecule has 0 fully saturated rings. The van der Waals surface area contributed by atoms with Gasteiger partial charge in [0.15, 0.2) is 0 Å². The van der Waals surface area contributed by atoms with Gasteiger partial charge in [0.2, 0.25) is 0 Å². The number of anilines is 4. The molecule has 6 heteroatoms. The van der Waals surface area contributed by atoms with E-state index in [0.717, 1.165) is 61.5 Å². The van der Waals surface area contributed by atoms with Crippen molar-refractivity contribution in [1.29, 1.82) is 0 Å². The Balaban J connectivity index is 0.00000582. The molecule has 0 bridgehead atoms. The van der Waals surface area contributed by atoms with Gasteiger partial charge in [-0.2, -0.15) is 12.1 Å². The molecule has 2 aromatic heterocycles. The van der Waals surface area contributed by atoms with Gasteiger partial charge in [0.1, 0.15) is 5.82 Å². The van der Waals surface area contributed by atoms with E-state index in [9.17, 15) is 0 Å². The van der Waals surface area contributed by atoms with Gasteiger partial charge in [-0.1, -0.05) is 182 Å². The zero-order valence-corrected chi connectivity index (χ0v) is 43.8. The van der Waals surface area contributed by atoms with Gasteiger partial charge in [-0.25, -0.2) is 4.98 Å². The van der Waals surface area contributed by atoms with Crippen LogP contribution in [-0.2, 0) is 37.3 Å². The zero-order chi connectivity index (χ0) is 48.4. The molecule has 5 nitrogen and oxygen atoms in total. The van der Waals surface area contributed by atoms with E-state index in [2.05, 4.69) is 258 Å². The third kappa shape index (κ3) is 8.98. The number of hydrogen-bond acceptors (Lipinski definition) is 4. The van der Waals surface area contributed by atoms with Crippen LogP contribution in [0.15, 0.2) is 194 Å². The molecule has 0 saturated carbocycles. The first-order valence-corrected chi connectivity index (χ1v) is 24.3. The van der Waals surface area contributed by atoms with Crippen molar-refractivity contribution in [3.63, 3.8) is 0 Å². The van der Waals surface area contributed by atoms with Crippen LogP contribution in [0.5, 0.6) is 11.5 Å². The smallest absolute Gasteiger partial charge is 0.135 e. The van der Waals surface area contributed by atoms with Gasteiger partial charge < -0.3 is 19.1 Å². The molecule has 8 aromatic carbocycles. The second-order valence-corrected chi connectivity index (χ2v) is 21.1. The molecule has 10 aromatic rings. The van der Waals surface area contributed by atoms with Crippen LogP contribution >= 0.6 is 0 Å². The van der Waals surface area contributed by atoms with Gasteiger partial charge in [-0.05, 0) is 91.6 Å². The Morgan fingerprint density at radius 1 is 0.493 bits per heavy atom. The minimum Gasteiger partial charge on any atom is -0.509 e. The maximum Gasteiger partial charge on any atom is 0.135 e. The van der Waals surface area contributed by atoms with Crippen LogP contribution in [0.2, 0.25) is 0 Å². The maximum absolute atomic E-state index is 6.80. The molecule has 0 amide bonds. The minimum absolute atomic E-state index is 0. The van der Waals surface area contributed by atoms with Crippen molar-refractivity contribution < 1.29 is 25.8 Å². The van der Waals surface area contributed by atoms with E-state index in [1.165, 1.54) is 33.4 Å². The number of nitrogens with zero attached hydrogens (tertiary/aromatic N) is 4. The normalized spacial score (nSPS) is 12.8. The first-order valence-electron chi connectivity index (χ1n) is 24.3. The summed E-state index contributed by atoms with van der Waals surface area (Å²) in [5.74, 6) is 2.01. The molecule has 0 spiro atoms. The fourth-order valence-electron chi connectivity index (χ4n) is 9.83. The summed E-state index contributed by atoms with van der Waals surface area (Å²) in [5, 5.41) is 2.24. The van der Waals surface area contributed by atoms with Gasteiger partial charge in [-0.15, -0.1) is 48.1 Å². The fraction of sp³-hybridized carbons (Fsp3) is 0.169. The topological polar surface area (TPSA) is 33.5 Å². The Morgan fingerprint density at radius 2 is 1.17 bits per heavy atom. The largest absolute Gasteiger partial charge is 0.509 e. The van der Waals surface area contributed by atoms with Crippen LogP contribution < -0.4 is 14.5 Å². The van der Waals surface area contributed by atoms with Gasteiger partial charge in [0, 0.05) is 72.3 Å². The Labute approximate surface area is 433 Å². The Kier molecular flexibility index (Phi) is 12.4. The predicted octanol–water partition coefficient (Wildman–Crippen LogP) is 17.2. The van der Waals surface area contributed by atoms with E-state index >= 15 is 0 Å². The van der Waals surface area contributed by atoms with Crippen molar-refractivity contribution in [2.45, 2.75) is 71.6 Å².